The van der Waals surface area contributed by atoms with Gasteiger partial charge >= 0.3 is 17.9 Å². The molecule has 0 fully saturated rings. The zero-order valence-electron chi connectivity index (χ0n) is 49.5. The molecule has 432 valence electrons. The zero-order chi connectivity index (χ0) is 55.0. The molecule has 76 heavy (non-hydrogen) atoms. The van der Waals surface area contributed by atoms with Crippen molar-refractivity contribution in [3.05, 3.63) is 122 Å². The minimum absolute atomic E-state index is 0.105. The standard InChI is InChI=1S/C70H116O6/c1-4-7-10-13-16-19-22-25-26-27-28-29-30-31-32-33-34-35-36-37-38-39-40-41-42-43-44-46-48-51-54-57-60-63-69(72)75-66-67(65-74-68(71)62-59-56-53-50-47-24-21-18-15-12-9-6-3)76-70(73)64-61-58-55-52-49-45-23-20-17-14-11-8-5-2/h7-8,10-11,16-17,19-20,25-26,28-29,31-32,34-35,45,49,55,58,67H,4-6,9,12-15,18,21-24,27,30,33,36-44,46-48,50-54,56-57,59-66H2,1-3H3/b10-7-,11-8-,19-16-,20-17-,26-25-,29-28-,32-31-,35-34-,49-45-,58-55-. The predicted octanol–water partition coefficient (Wildman–Crippen LogP) is 21.6. The molecule has 0 aliphatic heterocycles. The molecule has 0 amide bonds. The average molecular weight is 1050 g/mol. The van der Waals surface area contributed by atoms with E-state index in [1.54, 1.807) is 0 Å². The number of unbranched alkanes of at least 4 members (excludes halogenated alkanes) is 25. The third-order valence-electron chi connectivity index (χ3n) is 13.2. The molecule has 0 aromatic carbocycles. The van der Waals surface area contributed by atoms with Crippen molar-refractivity contribution in [2.75, 3.05) is 13.2 Å². The Bertz CT molecular complexity index is 1590. The molecular weight excluding hydrogens is 937 g/mol. The largest absolute Gasteiger partial charge is 0.462 e. The maximum Gasteiger partial charge on any atom is 0.306 e. The van der Waals surface area contributed by atoms with Gasteiger partial charge in [0, 0.05) is 19.3 Å². The van der Waals surface area contributed by atoms with E-state index >= 15 is 0 Å². The second-order valence-electron chi connectivity index (χ2n) is 20.6. The van der Waals surface area contributed by atoms with Gasteiger partial charge in [-0.15, -0.1) is 0 Å². The first-order valence-electron chi connectivity index (χ1n) is 31.5. The van der Waals surface area contributed by atoms with Crippen LogP contribution in [0.15, 0.2) is 122 Å². The Kier molecular flexibility index (Phi) is 59.9. The molecule has 0 radical (unpaired) electrons. The van der Waals surface area contributed by atoms with Crippen LogP contribution in [0.2, 0.25) is 0 Å². The molecule has 0 rings (SSSR count). The lowest BCUT2D eigenvalue weighted by Gasteiger charge is -2.18. The first-order valence-corrected chi connectivity index (χ1v) is 31.5. The van der Waals surface area contributed by atoms with E-state index in [4.69, 9.17) is 14.2 Å². The topological polar surface area (TPSA) is 78.9 Å². The number of carbonyl (C=O) groups is 3. The van der Waals surface area contributed by atoms with E-state index in [1.165, 1.54) is 135 Å². The highest BCUT2D eigenvalue weighted by molar-refractivity contribution is 5.71. The summed E-state index contributed by atoms with van der Waals surface area (Å²) in [5, 5.41) is 0. The highest BCUT2D eigenvalue weighted by atomic mass is 16.6. The van der Waals surface area contributed by atoms with Gasteiger partial charge in [0.15, 0.2) is 6.10 Å². The number of hydrogen-bond donors (Lipinski definition) is 0. The Labute approximate surface area is 469 Å². The molecule has 0 spiro atoms. The quantitative estimate of drug-likeness (QED) is 0.0261. The molecule has 0 saturated carbocycles. The van der Waals surface area contributed by atoms with E-state index < -0.39 is 6.10 Å². The molecule has 1 unspecified atom stereocenters. The van der Waals surface area contributed by atoms with E-state index in [0.717, 1.165) is 103 Å². The van der Waals surface area contributed by atoms with Crippen LogP contribution in [-0.4, -0.2) is 37.2 Å². The van der Waals surface area contributed by atoms with Gasteiger partial charge in [-0.3, -0.25) is 14.4 Å². The van der Waals surface area contributed by atoms with Crippen LogP contribution in [0.1, 0.15) is 284 Å². The molecule has 0 N–H and O–H groups in total. The van der Waals surface area contributed by atoms with Crippen molar-refractivity contribution in [1.29, 1.82) is 0 Å². The van der Waals surface area contributed by atoms with Crippen LogP contribution < -0.4 is 0 Å². The van der Waals surface area contributed by atoms with Crippen molar-refractivity contribution in [3.8, 4) is 0 Å². The molecule has 0 heterocycles. The average Bonchev–Trinajstić information content (AvgIpc) is 3.42. The summed E-state index contributed by atoms with van der Waals surface area (Å²) in [6, 6.07) is 0. The van der Waals surface area contributed by atoms with Gasteiger partial charge in [0.1, 0.15) is 13.2 Å². The highest BCUT2D eigenvalue weighted by Crippen LogP contribution is 2.16. The molecule has 1 atom stereocenters. The Hall–Kier alpha value is -4.19. The molecule has 0 saturated heterocycles. The van der Waals surface area contributed by atoms with E-state index in [-0.39, 0.29) is 37.5 Å². The maximum absolute atomic E-state index is 12.8. The highest BCUT2D eigenvalue weighted by Gasteiger charge is 2.19. The lowest BCUT2D eigenvalue weighted by Crippen LogP contribution is -2.30. The van der Waals surface area contributed by atoms with Crippen LogP contribution in [-0.2, 0) is 28.6 Å². The van der Waals surface area contributed by atoms with E-state index in [0.29, 0.717) is 19.3 Å². The second kappa shape index (κ2) is 63.3. The van der Waals surface area contributed by atoms with Gasteiger partial charge in [-0.1, -0.05) is 290 Å². The summed E-state index contributed by atoms with van der Waals surface area (Å²) in [6.45, 7) is 6.35. The normalized spacial score (nSPS) is 12.9. The van der Waals surface area contributed by atoms with Gasteiger partial charge in [0.2, 0.25) is 0 Å². The van der Waals surface area contributed by atoms with Crippen LogP contribution in [0.25, 0.3) is 0 Å². The number of rotatable bonds is 56. The van der Waals surface area contributed by atoms with Crippen molar-refractivity contribution < 1.29 is 28.6 Å². The fraction of sp³-hybridized carbons (Fsp3) is 0.671. The number of ether oxygens (including phenoxy) is 3. The summed E-state index contributed by atoms with van der Waals surface area (Å²) in [5.41, 5.74) is 0. The fourth-order valence-corrected chi connectivity index (χ4v) is 8.58. The minimum atomic E-state index is -0.815. The first kappa shape index (κ1) is 71.8. The molecule has 6 nitrogen and oxygen atoms in total. The van der Waals surface area contributed by atoms with E-state index in [9.17, 15) is 14.4 Å². The Morgan fingerprint density at radius 2 is 0.539 bits per heavy atom. The van der Waals surface area contributed by atoms with Crippen molar-refractivity contribution in [2.24, 2.45) is 0 Å². The monoisotopic (exact) mass is 1050 g/mol. The van der Waals surface area contributed by atoms with Gasteiger partial charge in [0.05, 0.1) is 0 Å². The van der Waals surface area contributed by atoms with Crippen LogP contribution in [0.4, 0.5) is 0 Å². The maximum atomic E-state index is 12.8. The number of carbonyl (C=O) groups excluding carboxylic acids is 3. The summed E-state index contributed by atoms with van der Waals surface area (Å²) in [5.74, 6) is -0.984. The van der Waals surface area contributed by atoms with Gasteiger partial charge in [-0.25, -0.2) is 0 Å². The lowest BCUT2D eigenvalue weighted by molar-refractivity contribution is -0.166. The number of esters is 3. The Morgan fingerprint density at radius 1 is 0.276 bits per heavy atom. The molecule has 0 aromatic rings. The van der Waals surface area contributed by atoms with Gasteiger partial charge in [-0.2, -0.15) is 0 Å². The van der Waals surface area contributed by atoms with Crippen LogP contribution >= 0.6 is 0 Å². The third kappa shape index (κ3) is 60.7. The summed E-state index contributed by atoms with van der Waals surface area (Å²) in [7, 11) is 0. The van der Waals surface area contributed by atoms with E-state index in [1.807, 2.05) is 6.08 Å². The molecular formula is C70H116O6. The molecule has 0 aliphatic carbocycles. The van der Waals surface area contributed by atoms with Crippen LogP contribution in [0.3, 0.4) is 0 Å². The fourth-order valence-electron chi connectivity index (χ4n) is 8.58. The van der Waals surface area contributed by atoms with Crippen LogP contribution in [0.5, 0.6) is 0 Å². The Balaban J connectivity index is 4.18. The third-order valence-corrected chi connectivity index (χ3v) is 13.2. The van der Waals surface area contributed by atoms with Crippen molar-refractivity contribution in [2.45, 2.75) is 290 Å². The van der Waals surface area contributed by atoms with Gasteiger partial charge < -0.3 is 14.2 Å². The number of hydrogen-bond acceptors (Lipinski definition) is 6. The van der Waals surface area contributed by atoms with Gasteiger partial charge in [0.25, 0.3) is 0 Å². The molecule has 0 bridgehead atoms. The molecule has 0 aromatic heterocycles. The number of allylic oxidation sites excluding steroid dienone is 20. The smallest absolute Gasteiger partial charge is 0.306 e. The second-order valence-corrected chi connectivity index (χ2v) is 20.6. The van der Waals surface area contributed by atoms with E-state index in [2.05, 4.69) is 136 Å². The van der Waals surface area contributed by atoms with Crippen molar-refractivity contribution in [1.82, 2.24) is 0 Å². The zero-order valence-corrected chi connectivity index (χ0v) is 49.5. The lowest BCUT2D eigenvalue weighted by atomic mass is 10.0. The molecule has 6 heteroatoms. The molecule has 0 aliphatic rings. The summed E-state index contributed by atoms with van der Waals surface area (Å²) >= 11 is 0. The minimum Gasteiger partial charge on any atom is -0.462 e. The Morgan fingerprint density at radius 3 is 0.855 bits per heavy atom. The SMILES string of the molecule is CC/C=C\C/C=C\C/C=C\C/C=C\C/C=C\C/C=C\CCCCCCCCCCCCCCCCC(=O)OCC(COC(=O)CCCCCCCCCCCCCC)OC(=O)CC/C=C\C/C=C\C/C=C\C/C=C\CC. The summed E-state index contributed by atoms with van der Waals surface area (Å²) < 4.78 is 16.8. The van der Waals surface area contributed by atoms with Crippen molar-refractivity contribution in [3.63, 3.8) is 0 Å². The summed E-state index contributed by atoms with van der Waals surface area (Å²) in [4.78, 5) is 38.1. The van der Waals surface area contributed by atoms with Crippen molar-refractivity contribution >= 4 is 17.9 Å². The van der Waals surface area contributed by atoms with Gasteiger partial charge in [-0.05, 0) is 96.3 Å². The van der Waals surface area contributed by atoms with Crippen LogP contribution in [0, 0.1) is 0 Å². The predicted molar refractivity (Wildman–Crippen MR) is 330 cm³/mol. The summed E-state index contributed by atoms with van der Waals surface area (Å²) in [6.07, 6.45) is 88.1. The first-order chi connectivity index (χ1) is 37.5.